The Balaban J connectivity index is 2.26. The number of pyridine rings is 1. The monoisotopic (exact) mass is 244 g/mol. The molecule has 5 nitrogen and oxygen atoms in total. The molecule has 1 aliphatic heterocycles. The van der Waals surface area contributed by atoms with Crippen LogP contribution in [0.2, 0.25) is 0 Å². The van der Waals surface area contributed by atoms with Crippen molar-refractivity contribution < 1.29 is 13.5 Å². The number of nitrogens with two attached hydrogens (primary N) is 1. The Bertz CT molecular complexity index is 421. The van der Waals surface area contributed by atoms with Crippen LogP contribution in [0.15, 0.2) is 6.07 Å². The van der Waals surface area contributed by atoms with Crippen molar-refractivity contribution in [2.45, 2.75) is 18.9 Å². The molecule has 1 atom stereocenters. The van der Waals surface area contributed by atoms with Gasteiger partial charge in [0.25, 0.3) is 0 Å². The fraction of sp³-hybridized carbons (Fsp3) is 0.500. The maximum Gasteiger partial charge on any atom is 0.178 e. The number of nitrogen functional groups attached to an aromatic ring is 1. The van der Waals surface area contributed by atoms with Crippen LogP contribution in [0.1, 0.15) is 13.3 Å². The zero-order chi connectivity index (χ0) is 12.5. The Morgan fingerprint density at radius 2 is 2.12 bits per heavy atom. The Morgan fingerprint density at radius 3 is 2.71 bits per heavy atom. The number of ether oxygens (including phenoxy) is 1. The molecule has 1 fully saturated rings. The third-order valence-corrected chi connectivity index (χ3v) is 2.71. The van der Waals surface area contributed by atoms with Crippen LogP contribution >= 0.6 is 0 Å². The first kappa shape index (κ1) is 12.0. The number of halogens is 2. The molecule has 2 heterocycles. The summed E-state index contributed by atoms with van der Waals surface area (Å²) in [7, 11) is 0. The zero-order valence-electron chi connectivity index (χ0n) is 9.39. The second-order valence-electron chi connectivity index (χ2n) is 4.28. The van der Waals surface area contributed by atoms with Crippen LogP contribution in [-0.2, 0) is 4.74 Å². The number of nitrogens with zero attached hydrogens (tertiary/aromatic N) is 1. The lowest BCUT2D eigenvalue weighted by molar-refractivity contribution is 0.185. The highest BCUT2D eigenvalue weighted by molar-refractivity contribution is 5.48. The number of rotatable bonds is 3. The van der Waals surface area contributed by atoms with E-state index in [9.17, 15) is 8.78 Å². The topological polar surface area (TPSA) is 72.2 Å². The van der Waals surface area contributed by atoms with Crippen molar-refractivity contribution in [1.82, 2.24) is 4.98 Å². The van der Waals surface area contributed by atoms with E-state index in [-0.39, 0.29) is 11.6 Å². The SMILES string of the molecule is CC1(Nc2nc(NN)c(F)cc2F)CCOC1. The van der Waals surface area contributed by atoms with Gasteiger partial charge < -0.3 is 15.5 Å². The molecule has 1 unspecified atom stereocenters. The minimum atomic E-state index is -0.830. The van der Waals surface area contributed by atoms with Gasteiger partial charge in [-0.3, -0.25) is 0 Å². The first-order valence-corrected chi connectivity index (χ1v) is 5.23. The number of hydrogen-bond donors (Lipinski definition) is 3. The van der Waals surface area contributed by atoms with Crippen molar-refractivity contribution in [2.24, 2.45) is 5.84 Å². The molecule has 7 heteroatoms. The number of hydrazine groups is 1. The van der Waals surface area contributed by atoms with Crippen molar-refractivity contribution in [1.29, 1.82) is 0 Å². The van der Waals surface area contributed by atoms with Crippen molar-refractivity contribution in [3.63, 3.8) is 0 Å². The molecule has 1 aromatic heterocycles. The van der Waals surface area contributed by atoms with E-state index in [1.165, 1.54) is 0 Å². The van der Waals surface area contributed by atoms with E-state index in [2.05, 4.69) is 15.7 Å². The van der Waals surface area contributed by atoms with Crippen LogP contribution in [-0.4, -0.2) is 23.7 Å². The molecule has 94 valence electrons. The van der Waals surface area contributed by atoms with E-state index < -0.39 is 17.2 Å². The smallest absolute Gasteiger partial charge is 0.178 e. The lowest BCUT2D eigenvalue weighted by Gasteiger charge is -2.24. The Morgan fingerprint density at radius 1 is 1.41 bits per heavy atom. The second kappa shape index (κ2) is 4.42. The van der Waals surface area contributed by atoms with Crippen LogP contribution < -0.4 is 16.6 Å². The molecule has 1 aromatic rings. The first-order chi connectivity index (χ1) is 8.04. The van der Waals surface area contributed by atoms with E-state index in [1.807, 2.05) is 6.92 Å². The Hall–Kier alpha value is -1.47. The van der Waals surface area contributed by atoms with E-state index >= 15 is 0 Å². The largest absolute Gasteiger partial charge is 0.379 e. The quantitative estimate of drug-likeness (QED) is 0.551. The molecule has 0 aliphatic carbocycles. The number of aromatic nitrogens is 1. The fourth-order valence-electron chi connectivity index (χ4n) is 1.71. The molecule has 0 saturated carbocycles. The Labute approximate surface area is 97.3 Å². The number of hydrogen-bond acceptors (Lipinski definition) is 5. The molecular formula is C10H14F2N4O. The van der Waals surface area contributed by atoms with Crippen molar-refractivity contribution >= 4 is 11.6 Å². The van der Waals surface area contributed by atoms with Gasteiger partial charge in [-0.25, -0.2) is 19.6 Å². The summed E-state index contributed by atoms with van der Waals surface area (Å²) in [6.45, 7) is 2.95. The lowest BCUT2D eigenvalue weighted by atomic mass is 10.0. The third-order valence-electron chi connectivity index (χ3n) is 2.71. The summed E-state index contributed by atoms with van der Waals surface area (Å²) in [4.78, 5) is 3.75. The van der Waals surface area contributed by atoms with E-state index in [1.54, 1.807) is 0 Å². The lowest BCUT2D eigenvalue weighted by Crippen LogP contribution is -2.36. The van der Waals surface area contributed by atoms with Gasteiger partial charge in [-0.05, 0) is 13.3 Å². The minimum Gasteiger partial charge on any atom is -0.379 e. The molecule has 17 heavy (non-hydrogen) atoms. The summed E-state index contributed by atoms with van der Waals surface area (Å²) in [6.07, 6.45) is 0.733. The molecule has 4 N–H and O–H groups in total. The van der Waals surface area contributed by atoms with Gasteiger partial charge in [0.05, 0.1) is 12.1 Å². The molecule has 0 spiro atoms. The van der Waals surface area contributed by atoms with Gasteiger partial charge in [-0.15, -0.1) is 0 Å². The van der Waals surface area contributed by atoms with Gasteiger partial charge in [0.15, 0.2) is 23.3 Å². The van der Waals surface area contributed by atoms with Crippen molar-refractivity contribution in [2.75, 3.05) is 24.0 Å². The molecule has 1 aliphatic rings. The Kier molecular flexibility index (Phi) is 3.12. The predicted molar refractivity (Wildman–Crippen MR) is 59.4 cm³/mol. The minimum absolute atomic E-state index is 0.0349. The van der Waals surface area contributed by atoms with Gasteiger partial charge in [0, 0.05) is 12.7 Å². The van der Waals surface area contributed by atoms with Gasteiger partial charge in [-0.1, -0.05) is 0 Å². The zero-order valence-corrected chi connectivity index (χ0v) is 9.39. The summed E-state index contributed by atoms with van der Waals surface area (Å²) in [6, 6.07) is 0.740. The fourth-order valence-corrected chi connectivity index (χ4v) is 1.71. The molecule has 1 saturated heterocycles. The number of anilines is 2. The van der Waals surface area contributed by atoms with Crippen LogP contribution in [0.25, 0.3) is 0 Å². The molecule has 2 rings (SSSR count). The molecule has 0 amide bonds. The normalized spacial score (nSPS) is 23.8. The van der Waals surface area contributed by atoms with Crippen molar-refractivity contribution in [3.05, 3.63) is 17.7 Å². The van der Waals surface area contributed by atoms with E-state index in [0.717, 1.165) is 12.5 Å². The molecule has 0 radical (unpaired) electrons. The van der Waals surface area contributed by atoms with Gasteiger partial charge in [-0.2, -0.15) is 0 Å². The summed E-state index contributed by atoms with van der Waals surface area (Å²) in [5.74, 6) is 3.27. The molecular weight excluding hydrogens is 230 g/mol. The predicted octanol–water partition coefficient (Wildman–Crippen LogP) is 1.24. The highest BCUT2D eigenvalue weighted by Gasteiger charge is 2.31. The van der Waals surface area contributed by atoms with E-state index in [4.69, 9.17) is 10.6 Å². The second-order valence-corrected chi connectivity index (χ2v) is 4.28. The summed E-state index contributed by atoms with van der Waals surface area (Å²) >= 11 is 0. The highest BCUT2D eigenvalue weighted by Crippen LogP contribution is 2.26. The standard InChI is InChI=1S/C10H14F2N4O/c1-10(2-3-17-5-10)15-8-6(11)4-7(12)9(14-8)16-13/h4H,2-3,5,13H2,1H3,(H2,14,15,16). The van der Waals surface area contributed by atoms with Crippen LogP contribution in [0.5, 0.6) is 0 Å². The van der Waals surface area contributed by atoms with E-state index in [0.29, 0.717) is 13.2 Å². The first-order valence-electron chi connectivity index (χ1n) is 5.23. The highest BCUT2D eigenvalue weighted by atomic mass is 19.1. The van der Waals surface area contributed by atoms with Crippen LogP contribution in [0.4, 0.5) is 20.4 Å². The van der Waals surface area contributed by atoms with Gasteiger partial charge >= 0.3 is 0 Å². The van der Waals surface area contributed by atoms with Crippen LogP contribution in [0.3, 0.4) is 0 Å². The third kappa shape index (κ3) is 2.45. The summed E-state index contributed by atoms with van der Waals surface area (Å²) in [5.41, 5.74) is 1.68. The molecule has 0 bridgehead atoms. The summed E-state index contributed by atoms with van der Waals surface area (Å²) < 4.78 is 31.9. The number of nitrogens with one attached hydrogen (secondary N) is 2. The maximum atomic E-state index is 13.5. The average molecular weight is 244 g/mol. The summed E-state index contributed by atoms with van der Waals surface area (Å²) in [5, 5.41) is 2.91. The average Bonchev–Trinajstić information content (AvgIpc) is 2.69. The van der Waals surface area contributed by atoms with Gasteiger partial charge in [0.2, 0.25) is 0 Å². The molecule has 0 aromatic carbocycles. The maximum absolute atomic E-state index is 13.5. The van der Waals surface area contributed by atoms with Gasteiger partial charge in [0.1, 0.15) is 0 Å². The van der Waals surface area contributed by atoms with Crippen molar-refractivity contribution in [3.8, 4) is 0 Å². The van der Waals surface area contributed by atoms with Crippen LogP contribution in [0, 0.1) is 11.6 Å².